The van der Waals surface area contributed by atoms with Gasteiger partial charge in [-0.25, -0.2) is 8.78 Å². The second-order valence-corrected chi connectivity index (χ2v) is 10.0. The second kappa shape index (κ2) is 12.5. The van der Waals surface area contributed by atoms with Crippen LogP contribution in [-0.4, -0.2) is 19.9 Å². The molecular weight excluding hydrogens is 449 g/mol. The van der Waals surface area contributed by atoms with Gasteiger partial charge in [0.2, 0.25) is 5.82 Å². The summed E-state index contributed by atoms with van der Waals surface area (Å²) in [7, 11) is 0. The third kappa shape index (κ3) is 6.62. The van der Waals surface area contributed by atoms with Crippen molar-refractivity contribution in [1.82, 2.24) is 0 Å². The molecule has 0 amide bonds. The molecule has 0 aliphatic heterocycles. The Balaban J connectivity index is 1.23. The summed E-state index contributed by atoms with van der Waals surface area (Å²) in [5.41, 5.74) is 0.815. The van der Waals surface area contributed by atoms with Crippen LogP contribution in [0.25, 0.3) is 11.1 Å². The van der Waals surface area contributed by atoms with Crippen molar-refractivity contribution in [1.29, 1.82) is 0 Å². The zero-order chi connectivity index (χ0) is 24.6. The van der Waals surface area contributed by atoms with Crippen molar-refractivity contribution in [3.8, 4) is 22.6 Å². The highest BCUT2D eigenvalue weighted by Gasteiger charge is 2.30. The minimum absolute atomic E-state index is 0.0677. The summed E-state index contributed by atoms with van der Waals surface area (Å²) in [6, 6.07) is 10.2. The molecule has 2 aliphatic carbocycles. The van der Waals surface area contributed by atoms with Crippen molar-refractivity contribution in [3.05, 3.63) is 60.2 Å². The average molecular weight is 487 g/mol. The minimum atomic E-state index is -0.957. The zero-order valence-corrected chi connectivity index (χ0v) is 20.7. The maximum Gasteiger partial charge on any atom is 0.201 e. The van der Waals surface area contributed by atoms with Crippen molar-refractivity contribution in [2.24, 2.45) is 23.7 Å². The fourth-order valence-electron chi connectivity index (χ4n) is 5.85. The molecule has 190 valence electrons. The second-order valence-electron chi connectivity index (χ2n) is 10.0. The summed E-state index contributed by atoms with van der Waals surface area (Å²) >= 11 is 0. The summed E-state index contributed by atoms with van der Waals surface area (Å²) in [4.78, 5) is 0. The van der Waals surface area contributed by atoms with Crippen molar-refractivity contribution in [2.45, 2.75) is 58.3 Å². The highest BCUT2D eigenvalue weighted by molar-refractivity contribution is 5.66. The smallest absolute Gasteiger partial charge is 0.201 e. The Morgan fingerprint density at radius 1 is 0.800 bits per heavy atom. The van der Waals surface area contributed by atoms with E-state index in [1.165, 1.54) is 57.4 Å². The van der Waals surface area contributed by atoms with Gasteiger partial charge >= 0.3 is 0 Å². The standard InChI is InChI=1S/C30H37F3O2/c1-2-34-28-18-17-27(29(32)30(28)33)25-13-15-26(16-14-25)35-20-22-7-11-24(12-8-22)23-9-5-21(6-10-23)4-3-19-31/h3-4,13-18,21-24H,2,5-12,19-20H2,1H3. The monoisotopic (exact) mass is 486 g/mol. The first kappa shape index (κ1) is 25.7. The van der Waals surface area contributed by atoms with Crippen LogP contribution in [-0.2, 0) is 0 Å². The molecule has 0 aromatic heterocycles. The number of alkyl halides is 1. The number of benzene rings is 2. The highest BCUT2D eigenvalue weighted by atomic mass is 19.2. The third-order valence-corrected chi connectivity index (χ3v) is 7.87. The number of hydrogen-bond donors (Lipinski definition) is 0. The van der Waals surface area contributed by atoms with Gasteiger partial charge in [-0.2, -0.15) is 4.39 Å². The summed E-state index contributed by atoms with van der Waals surface area (Å²) in [6.45, 7) is 2.36. The van der Waals surface area contributed by atoms with Crippen molar-refractivity contribution < 1.29 is 22.6 Å². The molecule has 0 spiro atoms. The van der Waals surface area contributed by atoms with Gasteiger partial charge in [0.1, 0.15) is 12.4 Å². The van der Waals surface area contributed by atoms with Crippen LogP contribution in [0.1, 0.15) is 58.3 Å². The molecule has 2 aromatic carbocycles. The molecule has 0 saturated heterocycles. The fourth-order valence-corrected chi connectivity index (χ4v) is 5.85. The molecule has 0 unspecified atom stereocenters. The molecule has 0 N–H and O–H groups in total. The number of halogens is 3. The van der Waals surface area contributed by atoms with E-state index in [4.69, 9.17) is 9.47 Å². The molecular formula is C30H37F3O2. The van der Waals surface area contributed by atoms with E-state index in [-0.39, 0.29) is 24.6 Å². The Labute approximate surface area is 207 Å². The first-order valence-electron chi connectivity index (χ1n) is 13.2. The molecule has 0 radical (unpaired) electrons. The van der Waals surface area contributed by atoms with Gasteiger partial charge in [-0.15, -0.1) is 0 Å². The van der Waals surface area contributed by atoms with E-state index < -0.39 is 11.6 Å². The largest absolute Gasteiger partial charge is 0.493 e. The lowest BCUT2D eigenvalue weighted by molar-refractivity contribution is 0.129. The van der Waals surface area contributed by atoms with E-state index in [9.17, 15) is 13.2 Å². The Kier molecular flexibility index (Phi) is 9.17. The van der Waals surface area contributed by atoms with Crippen LogP contribution in [0.5, 0.6) is 11.5 Å². The molecule has 2 aromatic rings. The first-order valence-corrected chi connectivity index (χ1v) is 13.2. The molecule has 0 bridgehead atoms. The van der Waals surface area contributed by atoms with E-state index in [2.05, 4.69) is 6.08 Å². The van der Waals surface area contributed by atoms with Gasteiger partial charge in [0, 0.05) is 5.56 Å². The molecule has 2 nitrogen and oxygen atoms in total. The maximum atomic E-state index is 14.5. The highest BCUT2D eigenvalue weighted by Crippen LogP contribution is 2.41. The Morgan fingerprint density at radius 2 is 1.46 bits per heavy atom. The summed E-state index contributed by atoms with van der Waals surface area (Å²) in [5, 5.41) is 0. The quantitative estimate of drug-likeness (QED) is 0.331. The van der Waals surface area contributed by atoms with E-state index in [0.717, 1.165) is 17.6 Å². The number of allylic oxidation sites excluding steroid dienone is 2. The SMILES string of the molecule is CCOc1ccc(-c2ccc(OCC3CCC(C4CCC(C=CCF)CC4)CC3)cc2)c(F)c1F. The Bertz CT molecular complexity index is 956. The molecule has 2 fully saturated rings. The van der Waals surface area contributed by atoms with Crippen molar-refractivity contribution in [3.63, 3.8) is 0 Å². The van der Waals surface area contributed by atoms with Gasteiger partial charge in [0.15, 0.2) is 11.6 Å². The van der Waals surface area contributed by atoms with Gasteiger partial charge < -0.3 is 9.47 Å². The van der Waals surface area contributed by atoms with Crippen LogP contribution >= 0.6 is 0 Å². The first-order chi connectivity index (χ1) is 17.1. The van der Waals surface area contributed by atoms with Crippen LogP contribution in [0.15, 0.2) is 48.6 Å². The summed E-state index contributed by atoms with van der Waals surface area (Å²) in [6.07, 6.45) is 13.6. The zero-order valence-electron chi connectivity index (χ0n) is 20.7. The molecule has 35 heavy (non-hydrogen) atoms. The van der Waals surface area contributed by atoms with Gasteiger partial charge in [0.05, 0.1) is 13.2 Å². The predicted molar refractivity (Wildman–Crippen MR) is 134 cm³/mol. The summed E-state index contributed by atoms with van der Waals surface area (Å²) < 4.78 is 52.2. The van der Waals surface area contributed by atoms with E-state index in [0.29, 0.717) is 24.0 Å². The molecule has 0 atom stereocenters. The molecule has 0 heterocycles. The van der Waals surface area contributed by atoms with Crippen LogP contribution in [0.2, 0.25) is 0 Å². The van der Waals surface area contributed by atoms with Crippen LogP contribution < -0.4 is 9.47 Å². The molecule has 4 rings (SSSR count). The number of rotatable bonds is 9. The normalized spacial score (nSPS) is 25.0. The molecule has 2 aliphatic rings. The number of ether oxygens (including phenoxy) is 2. The van der Waals surface area contributed by atoms with Crippen molar-refractivity contribution in [2.75, 3.05) is 19.9 Å². The summed E-state index contributed by atoms with van der Waals surface area (Å²) in [5.74, 6) is 1.61. The van der Waals surface area contributed by atoms with Gasteiger partial charge in [-0.05, 0) is 112 Å². The molecule has 2 saturated carbocycles. The minimum Gasteiger partial charge on any atom is -0.493 e. The lowest BCUT2D eigenvalue weighted by atomic mass is 9.69. The fraction of sp³-hybridized carbons (Fsp3) is 0.533. The molecule has 5 heteroatoms. The third-order valence-electron chi connectivity index (χ3n) is 7.87. The van der Waals surface area contributed by atoms with E-state index in [1.807, 2.05) is 12.1 Å². The van der Waals surface area contributed by atoms with Gasteiger partial charge in [-0.3, -0.25) is 0 Å². The predicted octanol–water partition coefficient (Wildman–Crippen LogP) is 8.55. The van der Waals surface area contributed by atoms with Gasteiger partial charge in [0.25, 0.3) is 0 Å². The van der Waals surface area contributed by atoms with Crippen molar-refractivity contribution >= 4 is 0 Å². The lowest BCUT2D eigenvalue weighted by Crippen LogP contribution is -2.27. The van der Waals surface area contributed by atoms with Crippen LogP contribution in [0.3, 0.4) is 0 Å². The van der Waals surface area contributed by atoms with E-state index >= 15 is 0 Å². The van der Waals surface area contributed by atoms with Gasteiger partial charge in [-0.1, -0.05) is 24.3 Å². The number of hydrogen-bond acceptors (Lipinski definition) is 2. The Hall–Kier alpha value is -2.43. The Morgan fingerprint density at radius 3 is 2.09 bits per heavy atom. The van der Waals surface area contributed by atoms with E-state index in [1.54, 1.807) is 31.2 Å². The maximum absolute atomic E-state index is 14.5. The topological polar surface area (TPSA) is 18.5 Å². The average Bonchev–Trinajstić information content (AvgIpc) is 2.90. The lowest BCUT2D eigenvalue weighted by Gasteiger charge is -2.37. The van der Waals surface area contributed by atoms with Crippen LogP contribution in [0.4, 0.5) is 13.2 Å². The van der Waals surface area contributed by atoms with Crippen LogP contribution in [0, 0.1) is 35.3 Å².